The second-order valence-corrected chi connectivity index (χ2v) is 12.4. The van der Waals surface area contributed by atoms with Crippen LogP contribution in [0.5, 0.6) is 0 Å². The first-order valence-electron chi connectivity index (χ1n) is 12.9. The Morgan fingerprint density at radius 1 is 0.917 bits per heavy atom. The van der Waals surface area contributed by atoms with Crippen LogP contribution in [0.4, 0.5) is 0 Å². The largest absolute Gasteiger partial charge is 0.384 e. The Bertz CT molecular complexity index is 777. The van der Waals surface area contributed by atoms with Crippen LogP contribution in [-0.4, -0.2) is 53.2 Å². The Labute approximate surface area is 217 Å². The predicted molar refractivity (Wildman–Crippen MR) is 142 cm³/mol. The smallest absolute Gasteiger partial charge is 0.226 e. The molecular formula is C27H49N5O4. The monoisotopic (exact) mass is 507 g/mol. The topological polar surface area (TPSA) is 114 Å². The highest BCUT2D eigenvalue weighted by molar-refractivity contribution is 5.81. The van der Waals surface area contributed by atoms with Crippen molar-refractivity contribution in [3.63, 3.8) is 0 Å². The van der Waals surface area contributed by atoms with Crippen molar-refractivity contribution in [1.29, 1.82) is 0 Å². The highest BCUT2D eigenvalue weighted by atomic mass is 16.5. The van der Waals surface area contributed by atoms with E-state index in [9.17, 15) is 14.4 Å². The molecule has 2 unspecified atom stereocenters. The maximum atomic E-state index is 13.3. The lowest BCUT2D eigenvalue weighted by atomic mass is 9.87. The highest BCUT2D eigenvalue weighted by Crippen LogP contribution is 2.24. The molecule has 2 atom stereocenters. The molecule has 9 nitrogen and oxygen atoms in total. The van der Waals surface area contributed by atoms with E-state index in [0.717, 1.165) is 0 Å². The van der Waals surface area contributed by atoms with Crippen LogP contribution < -0.4 is 16.0 Å². The Kier molecular flexibility index (Phi) is 12.6. The average Bonchev–Trinajstić information content (AvgIpc) is 3.24. The van der Waals surface area contributed by atoms with Gasteiger partial charge >= 0.3 is 0 Å². The van der Waals surface area contributed by atoms with Crippen LogP contribution in [0.3, 0.4) is 0 Å². The third-order valence-electron chi connectivity index (χ3n) is 5.88. The summed E-state index contributed by atoms with van der Waals surface area (Å²) in [4.78, 5) is 43.4. The van der Waals surface area contributed by atoms with Gasteiger partial charge in [-0.3, -0.25) is 14.4 Å². The highest BCUT2D eigenvalue weighted by Gasteiger charge is 2.37. The molecule has 0 fully saturated rings. The van der Waals surface area contributed by atoms with Crippen LogP contribution in [0.25, 0.3) is 0 Å². The van der Waals surface area contributed by atoms with Gasteiger partial charge in [-0.1, -0.05) is 41.5 Å². The summed E-state index contributed by atoms with van der Waals surface area (Å²) in [6.07, 6.45) is 6.41. The van der Waals surface area contributed by atoms with Crippen LogP contribution in [0, 0.1) is 22.7 Å². The van der Waals surface area contributed by atoms with Crippen molar-refractivity contribution in [2.75, 3.05) is 13.7 Å². The summed E-state index contributed by atoms with van der Waals surface area (Å²) in [6.45, 7) is 16.8. The van der Waals surface area contributed by atoms with E-state index in [1.165, 1.54) is 0 Å². The third kappa shape index (κ3) is 13.0. The minimum Gasteiger partial charge on any atom is -0.384 e. The van der Waals surface area contributed by atoms with Crippen LogP contribution in [0.2, 0.25) is 0 Å². The number of methoxy groups -OCH3 is 1. The summed E-state index contributed by atoms with van der Waals surface area (Å²) >= 11 is 0. The van der Waals surface area contributed by atoms with Crippen molar-refractivity contribution in [3.05, 3.63) is 18.7 Å². The van der Waals surface area contributed by atoms with E-state index in [1.807, 2.05) is 18.4 Å². The number of hydrogen-bond donors (Lipinski definition) is 3. The fraction of sp³-hybridized carbons (Fsp3) is 0.778. The van der Waals surface area contributed by atoms with Gasteiger partial charge in [-0.15, -0.1) is 0 Å². The van der Waals surface area contributed by atoms with E-state index in [2.05, 4.69) is 62.5 Å². The molecule has 1 aromatic heterocycles. The maximum Gasteiger partial charge on any atom is 0.226 e. The molecule has 0 spiro atoms. The quantitative estimate of drug-likeness (QED) is 0.334. The van der Waals surface area contributed by atoms with Crippen molar-refractivity contribution in [2.24, 2.45) is 22.7 Å². The summed E-state index contributed by atoms with van der Waals surface area (Å²) in [5.74, 6) is -1.61. The van der Waals surface area contributed by atoms with Gasteiger partial charge in [0.05, 0.1) is 18.9 Å². The number of ether oxygens (including phenoxy) is 1. The maximum absolute atomic E-state index is 13.3. The molecule has 0 radical (unpaired) electrons. The van der Waals surface area contributed by atoms with Crippen molar-refractivity contribution in [3.8, 4) is 0 Å². The normalized spacial score (nSPS) is 14.0. The first-order chi connectivity index (χ1) is 16.6. The van der Waals surface area contributed by atoms with Crippen molar-refractivity contribution < 1.29 is 19.1 Å². The number of nitrogens with one attached hydrogen (secondary N) is 3. The zero-order valence-corrected chi connectivity index (χ0v) is 23.8. The molecule has 206 valence electrons. The SMILES string of the molecule is COCC(C(=O)NC(C)C)C(Cn1ccnc1)C(NC(=O)CCC(C)(C)C)NC(=O)CCC(C)(C)C. The average molecular weight is 508 g/mol. The number of hydrogen-bond acceptors (Lipinski definition) is 5. The Morgan fingerprint density at radius 3 is 1.83 bits per heavy atom. The van der Waals surface area contributed by atoms with E-state index in [0.29, 0.717) is 32.2 Å². The summed E-state index contributed by atoms with van der Waals surface area (Å²) < 4.78 is 7.29. The van der Waals surface area contributed by atoms with Gasteiger partial charge in [0.2, 0.25) is 17.7 Å². The Morgan fingerprint density at radius 2 is 1.44 bits per heavy atom. The van der Waals surface area contributed by atoms with E-state index in [4.69, 9.17) is 4.74 Å². The number of aromatic nitrogens is 2. The van der Waals surface area contributed by atoms with Crippen LogP contribution in [0.15, 0.2) is 18.7 Å². The predicted octanol–water partition coefficient (Wildman–Crippen LogP) is 3.50. The molecule has 1 heterocycles. The van der Waals surface area contributed by atoms with E-state index in [1.54, 1.807) is 25.8 Å². The zero-order valence-electron chi connectivity index (χ0n) is 23.8. The molecule has 0 saturated carbocycles. The molecule has 0 bridgehead atoms. The molecule has 0 aliphatic heterocycles. The van der Waals surface area contributed by atoms with Crippen LogP contribution in [0.1, 0.15) is 81.1 Å². The summed E-state index contributed by atoms with van der Waals surface area (Å²) in [6, 6.07) is -0.0630. The molecule has 0 aromatic carbocycles. The molecule has 0 saturated heterocycles. The zero-order chi connectivity index (χ0) is 27.5. The molecule has 1 aromatic rings. The van der Waals surface area contributed by atoms with Gasteiger partial charge in [-0.2, -0.15) is 0 Å². The molecule has 1 rings (SSSR count). The minimum atomic E-state index is -0.759. The van der Waals surface area contributed by atoms with Gasteiger partial charge in [-0.05, 0) is 37.5 Å². The fourth-order valence-electron chi connectivity index (χ4n) is 3.79. The number of amides is 3. The molecule has 0 aliphatic carbocycles. The first kappa shape index (κ1) is 31.6. The third-order valence-corrected chi connectivity index (χ3v) is 5.88. The van der Waals surface area contributed by atoms with Crippen molar-refractivity contribution >= 4 is 17.7 Å². The summed E-state index contributed by atoms with van der Waals surface area (Å²) in [5.41, 5.74) is -0.0104. The number of carbonyl (C=O) groups is 3. The lowest BCUT2D eigenvalue weighted by Crippen LogP contribution is -2.58. The second-order valence-electron chi connectivity index (χ2n) is 12.4. The molecule has 9 heteroatoms. The van der Waals surface area contributed by atoms with Gasteiger partial charge in [-0.25, -0.2) is 4.98 Å². The molecule has 36 heavy (non-hydrogen) atoms. The Balaban J connectivity index is 3.31. The fourth-order valence-corrected chi connectivity index (χ4v) is 3.79. The minimum absolute atomic E-state index is 0.00522. The van der Waals surface area contributed by atoms with Gasteiger partial charge in [0.1, 0.15) is 6.17 Å². The lowest BCUT2D eigenvalue weighted by Gasteiger charge is -2.35. The number of carbonyl (C=O) groups excluding carboxylic acids is 3. The molecule has 3 N–H and O–H groups in total. The van der Waals surface area contributed by atoms with Gasteiger partial charge in [0.15, 0.2) is 0 Å². The first-order valence-corrected chi connectivity index (χ1v) is 12.9. The lowest BCUT2D eigenvalue weighted by molar-refractivity contribution is -0.133. The summed E-state index contributed by atoms with van der Waals surface area (Å²) in [5, 5.41) is 9.04. The number of rotatable bonds is 14. The van der Waals surface area contributed by atoms with E-state index >= 15 is 0 Å². The summed E-state index contributed by atoms with van der Waals surface area (Å²) in [7, 11) is 1.54. The van der Waals surface area contributed by atoms with Gasteiger partial charge < -0.3 is 25.3 Å². The Hall–Kier alpha value is -2.42. The number of nitrogens with zero attached hydrogens (tertiary/aromatic N) is 2. The molecular weight excluding hydrogens is 458 g/mol. The molecule has 0 aliphatic rings. The van der Waals surface area contributed by atoms with Gasteiger partial charge in [0.25, 0.3) is 0 Å². The van der Waals surface area contributed by atoms with E-state index < -0.39 is 18.0 Å². The number of imidazole rings is 1. The molecule has 3 amide bonds. The van der Waals surface area contributed by atoms with Gasteiger partial charge in [0, 0.05) is 50.8 Å². The van der Waals surface area contributed by atoms with Crippen LogP contribution in [-0.2, 0) is 25.7 Å². The second kappa shape index (κ2) is 14.4. The van der Waals surface area contributed by atoms with Crippen molar-refractivity contribution in [1.82, 2.24) is 25.5 Å². The van der Waals surface area contributed by atoms with E-state index in [-0.39, 0.29) is 41.2 Å². The van der Waals surface area contributed by atoms with Crippen LogP contribution >= 0.6 is 0 Å². The van der Waals surface area contributed by atoms with Crippen molar-refractivity contribution in [2.45, 2.75) is 99.8 Å². The standard InChI is InChI=1S/C27H49N5O4/c1-19(2)29-25(35)21(17-36-9)20(16-32-15-14-28-18-32)24(30-22(33)10-12-26(3,4)5)31-23(34)11-13-27(6,7)8/h14-15,18-21,24H,10-13,16-17H2,1-9H3,(H,29,35)(H,30,33)(H,31,34).